The molecule has 3 heteroatoms. The summed E-state index contributed by atoms with van der Waals surface area (Å²) < 4.78 is 0. The van der Waals surface area contributed by atoms with E-state index in [2.05, 4.69) is 51.2 Å². The molecule has 1 amide bonds. The van der Waals surface area contributed by atoms with Crippen LogP contribution in [0.2, 0.25) is 0 Å². The molecule has 0 aliphatic heterocycles. The summed E-state index contributed by atoms with van der Waals surface area (Å²) in [6.45, 7) is 12.4. The predicted octanol–water partition coefficient (Wildman–Crippen LogP) is 5.76. The van der Waals surface area contributed by atoms with Gasteiger partial charge in [-0.1, -0.05) is 61.8 Å². The van der Waals surface area contributed by atoms with Gasteiger partial charge in [0.15, 0.2) is 0 Å². The van der Waals surface area contributed by atoms with E-state index in [1.165, 1.54) is 36.0 Å². The number of nitrogens with one attached hydrogen (secondary N) is 1. The molecule has 0 saturated heterocycles. The number of hydrogen-bond donors (Lipinski definition) is 2. The molecular weight excluding hydrogens is 344 g/mol. The lowest BCUT2D eigenvalue weighted by Gasteiger charge is -2.32. The number of unbranched alkanes of at least 4 members (excludes halogenated alkanes) is 2. The Morgan fingerprint density at radius 2 is 1.89 bits per heavy atom. The van der Waals surface area contributed by atoms with E-state index in [0.717, 1.165) is 31.4 Å². The van der Waals surface area contributed by atoms with Crippen molar-refractivity contribution in [3.8, 4) is 0 Å². The summed E-state index contributed by atoms with van der Waals surface area (Å²) in [7, 11) is 0. The molecule has 3 N–H and O–H groups in total. The van der Waals surface area contributed by atoms with Crippen LogP contribution in [0.4, 0.5) is 0 Å². The quantitative estimate of drug-likeness (QED) is 0.286. The molecule has 1 aliphatic carbocycles. The zero-order chi connectivity index (χ0) is 21.0. The average Bonchev–Trinajstić information content (AvgIpc) is 2.60. The van der Waals surface area contributed by atoms with Crippen LogP contribution in [0, 0.1) is 5.41 Å². The second kappa shape index (κ2) is 12.6. The Morgan fingerprint density at radius 1 is 1.14 bits per heavy atom. The summed E-state index contributed by atoms with van der Waals surface area (Å²) >= 11 is 0. The first-order chi connectivity index (χ1) is 13.3. The number of amides is 1. The van der Waals surface area contributed by atoms with E-state index in [1.54, 1.807) is 6.08 Å². The van der Waals surface area contributed by atoms with E-state index in [-0.39, 0.29) is 11.3 Å². The Morgan fingerprint density at radius 3 is 2.57 bits per heavy atom. The van der Waals surface area contributed by atoms with E-state index < -0.39 is 0 Å². The number of hydrogen-bond acceptors (Lipinski definition) is 2. The molecule has 1 rings (SSSR count). The molecule has 0 heterocycles. The highest BCUT2D eigenvalue weighted by Crippen LogP contribution is 2.40. The molecule has 1 aliphatic rings. The highest BCUT2D eigenvalue weighted by atomic mass is 16.1. The van der Waals surface area contributed by atoms with Crippen molar-refractivity contribution in [1.29, 1.82) is 0 Å². The van der Waals surface area contributed by atoms with E-state index in [0.29, 0.717) is 6.54 Å². The maximum absolute atomic E-state index is 11.9. The molecule has 3 nitrogen and oxygen atoms in total. The molecule has 0 bridgehead atoms. The van der Waals surface area contributed by atoms with Gasteiger partial charge in [0.25, 0.3) is 0 Å². The van der Waals surface area contributed by atoms with Crippen molar-refractivity contribution in [2.45, 2.75) is 73.1 Å². The Balaban J connectivity index is 2.55. The zero-order valence-electron chi connectivity index (χ0n) is 18.6. The first kappa shape index (κ1) is 24.2. The molecule has 0 radical (unpaired) electrons. The molecule has 28 heavy (non-hydrogen) atoms. The number of rotatable bonds is 10. The van der Waals surface area contributed by atoms with Gasteiger partial charge in [-0.05, 0) is 76.0 Å². The molecule has 0 unspecified atom stereocenters. The van der Waals surface area contributed by atoms with Gasteiger partial charge in [-0.25, -0.2) is 0 Å². The standard InChI is InChI=1S/C25H40N2O/c1-20(14-15-23-22(3)13-10-16-25(23,4)5)11-9-12-21(2)19-24(28)27-18-8-6-7-17-26/h9,11-12,14-15,19H,6-8,10,13,16-18,26H2,1-5H3,(H,27,28)/b12-9+,15-14+,20-11+,21-19+. The Bertz CT molecular complexity index is 660. The van der Waals surface area contributed by atoms with Gasteiger partial charge in [0.05, 0.1) is 0 Å². The van der Waals surface area contributed by atoms with Gasteiger partial charge in [0, 0.05) is 12.6 Å². The summed E-state index contributed by atoms with van der Waals surface area (Å²) in [4.78, 5) is 11.9. The van der Waals surface area contributed by atoms with Crippen LogP contribution in [0.1, 0.15) is 73.1 Å². The third-order valence-corrected chi connectivity index (χ3v) is 5.31. The smallest absolute Gasteiger partial charge is 0.244 e. The van der Waals surface area contributed by atoms with Gasteiger partial charge in [-0.15, -0.1) is 0 Å². The molecule has 0 spiro atoms. The average molecular weight is 385 g/mol. The van der Waals surface area contributed by atoms with Crippen molar-refractivity contribution in [3.05, 3.63) is 58.7 Å². The van der Waals surface area contributed by atoms with Gasteiger partial charge in [-0.3, -0.25) is 4.79 Å². The molecule has 156 valence electrons. The Labute approximate surface area is 172 Å². The number of nitrogens with two attached hydrogens (primary N) is 1. The lowest BCUT2D eigenvalue weighted by Crippen LogP contribution is -2.22. The van der Waals surface area contributed by atoms with Crippen molar-refractivity contribution in [1.82, 2.24) is 5.32 Å². The van der Waals surface area contributed by atoms with Crippen LogP contribution in [-0.2, 0) is 4.79 Å². The van der Waals surface area contributed by atoms with Crippen molar-refractivity contribution in [3.63, 3.8) is 0 Å². The van der Waals surface area contributed by atoms with Gasteiger partial charge in [0.1, 0.15) is 0 Å². The number of allylic oxidation sites excluding steroid dienone is 9. The van der Waals surface area contributed by atoms with Crippen molar-refractivity contribution in [2.75, 3.05) is 13.1 Å². The number of carbonyl (C=O) groups is 1. The van der Waals surface area contributed by atoms with E-state index >= 15 is 0 Å². The van der Waals surface area contributed by atoms with Gasteiger partial charge >= 0.3 is 0 Å². The van der Waals surface area contributed by atoms with Crippen LogP contribution in [-0.4, -0.2) is 19.0 Å². The molecule has 0 aromatic rings. The van der Waals surface area contributed by atoms with Crippen molar-refractivity contribution < 1.29 is 4.79 Å². The van der Waals surface area contributed by atoms with Crippen LogP contribution in [0.5, 0.6) is 0 Å². The molecule has 0 fully saturated rings. The van der Waals surface area contributed by atoms with Crippen molar-refractivity contribution in [2.24, 2.45) is 11.1 Å². The fraction of sp³-hybridized carbons (Fsp3) is 0.560. The summed E-state index contributed by atoms with van der Waals surface area (Å²) in [6, 6.07) is 0. The Hall–Kier alpha value is -1.87. The van der Waals surface area contributed by atoms with Crippen LogP contribution < -0.4 is 11.1 Å². The number of carbonyl (C=O) groups excluding carboxylic acids is 1. The van der Waals surface area contributed by atoms with Crippen LogP contribution in [0.3, 0.4) is 0 Å². The first-order valence-electron chi connectivity index (χ1n) is 10.7. The maximum atomic E-state index is 11.9. The molecule has 0 saturated carbocycles. The first-order valence-corrected chi connectivity index (χ1v) is 10.7. The topological polar surface area (TPSA) is 55.1 Å². The van der Waals surface area contributed by atoms with Crippen LogP contribution >= 0.6 is 0 Å². The Kier molecular flexibility index (Phi) is 10.8. The fourth-order valence-electron chi connectivity index (χ4n) is 3.60. The third kappa shape index (κ3) is 9.36. The summed E-state index contributed by atoms with van der Waals surface area (Å²) in [5.74, 6) is -0.0301. The van der Waals surface area contributed by atoms with Gasteiger partial charge in [-0.2, -0.15) is 0 Å². The van der Waals surface area contributed by atoms with Crippen LogP contribution in [0.15, 0.2) is 58.7 Å². The lowest BCUT2D eigenvalue weighted by atomic mass is 9.72. The molecular formula is C25H40N2O. The SMILES string of the molecule is CC1=C(/C=C/C(C)=C/C=C/C(C)=C/C(=O)NCCCCCN)C(C)(C)CCC1. The monoisotopic (exact) mass is 384 g/mol. The predicted molar refractivity (Wildman–Crippen MR) is 122 cm³/mol. The minimum atomic E-state index is -0.0301. The van der Waals surface area contributed by atoms with Crippen LogP contribution in [0.25, 0.3) is 0 Å². The molecule has 0 aromatic carbocycles. The largest absolute Gasteiger partial charge is 0.353 e. The highest BCUT2D eigenvalue weighted by Gasteiger charge is 2.26. The fourth-order valence-corrected chi connectivity index (χ4v) is 3.60. The summed E-state index contributed by atoms with van der Waals surface area (Å²) in [5.41, 5.74) is 10.9. The summed E-state index contributed by atoms with van der Waals surface area (Å²) in [5, 5.41) is 2.92. The normalized spacial score (nSPS) is 18.4. The lowest BCUT2D eigenvalue weighted by molar-refractivity contribution is -0.116. The van der Waals surface area contributed by atoms with Gasteiger partial charge < -0.3 is 11.1 Å². The minimum Gasteiger partial charge on any atom is -0.353 e. The highest BCUT2D eigenvalue weighted by molar-refractivity contribution is 5.88. The van der Waals surface area contributed by atoms with E-state index in [1.807, 2.05) is 19.1 Å². The summed E-state index contributed by atoms with van der Waals surface area (Å²) in [6.07, 6.45) is 19.0. The zero-order valence-corrected chi connectivity index (χ0v) is 18.6. The second-order valence-corrected chi connectivity index (χ2v) is 8.56. The third-order valence-electron chi connectivity index (χ3n) is 5.31. The molecule has 0 atom stereocenters. The van der Waals surface area contributed by atoms with E-state index in [4.69, 9.17) is 5.73 Å². The van der Waals surface area contributed by atoms with Gasteiger partial charge in [0.2, 0.25) is 5.91 Å². The minimum absolute atomic E-state index is 0.0301. The molecule has 0 aromatic heterocycles. The maximum Gasteiger partial charge on any atom is 0.244 e. The van der Waals surface area contributed by atoms with Crippen molar-refractivity contribution >= 4 is 5.91 Å². The second-order valence-electron chi connectivity index (χ2n) is 8.56. The van der Waals surface area contributed by atoms with E-state index in [9.17, 15) is 4.79 Å².